The van der Waals surface area contributed by atoms with Gasteiger partial charge in [-0.2, -0.15) is 0 Å². The summed E-state index contributed by atoms with van der Waals surface area (Å²) in [7, 11) is 0. The van der Waals surface area contributed by atoms with E-state index in [9.17, 15) is 10.2 Å². The van der Waals surface area contributed by atoms with Crippen molar-refractivity contribution in [3.05, 3.63) is 35.9 Å². The highest BCUT2D eigenvalue weighted by molar-refractivity contribution is 5.20. The Balaban J connectivity index is 0.000000555. The van der Waals surface area contributed by atoms with Crippen LogP contribution in [0.15, 0.2) is 30.3 Å². The van der Waals surface area contributed by atoms with Crippen LogP contribution in [-0.4, -0.2) is 29.0 Å². The van der Waals surface area contributed by atoms with Gasteiger partial charge in [0, 0.05) is 5.92 Å². The molecule has 0 saturated heterocycles. The zero-order valence-corrected chi connectivity index (χ0v) is 12.4. The summed E-state index contributed by atoms with van der Waals surface area (Å²) in [6, 6.07) is 9.76. The number of hydrogen-bond donors (Lipinski definition) is 3. The van der Waals surface area contributed by atoms with Crippen molar-refractivity contribution in [2.45, 2.75) is 58.2 Å². The highest BCUT2D eigenvalue weighted by atomic mass is 16.3. The molecule has 0 spiro atoms. The molecule has 1 rings (SSSR count). The normalized spacial score (nSPS) is 15.1. The molecule has 0 fully saturated rings. The van der Waals surface area contributed by atoms with E-state index in [0.717, 1.165) is 12.1 Å². The molecule has 0 amide bonds. The number of aliphatic hydroxyl groups is 2. The predicted molar refractivity (Wildman–Crippen MR) is 81.1 cm³/mol. The molecule has 0 radical (unpaired) electrons. The van der Waals surface area contributed by atoms with E-state index in [4.69, 9.17) is 5.73 Å². The first-order valence-corrected chi connectivity index (χ1v) is 7.19. The molecule has 0 saturated carbocycles. The number of unbranched alkanes of at least 4 members (excludes halogenated alkanes) is 1. The van der Waals surface area contributed by atoms with E-state index in [1.807, 2.05) is 44.2 Å². The zero-order valence-electron chi connectivity index (χ0n) is 12.4. The second-order valence-electron chi connectivity index (χ2n) is 4.81. The molecule has 0 bridgehead atoms. The largest absolute Gasteiger partial charge is 0.390 e. The fourth-order valence-electron chi connectivity index (χ4n) is 1.73. The second-order valence-corrected chi connectivity index (χ2v) is 4.81. The molecule has 0 aliphatic heterocycles. The van der Waals surface area contributed by atoms with Crippen LogP contribution in [0.4, 0.5) is 0 Å². The van der Waals surface area contributed by atoms with Crippen LogP contribution in [0.5, 0.6) is 0 Å². The first-order valence-electron chi connectivity index (χ1n) is 7.19. The minimum Gasteiger partial charge on any atom is -0.390 e. The van der Waals surface area contributed by atoms with E-state index >= 15 is 0 Å². The lowest BCUT2D eigenvalue weighted by Crippen LogP contribution is -2.30. The summed E-state index contributed by atoms with van der Waals surface area (Å²) in [5, 5.41) is 19.3. The quantitative estimate of drug-likeness (QED) is 0.742. The number of rotatable bonds is 6. The Hall–Kier alpha value is -0.900. The van der Waals surface area contributed by atoms with E-state index in [-0.39, 0.29) is 5.92 Å². The van der Waals surface area contributed by atoms with Gasteiger partial charge in [-0.25, -0.2) is 0 Å². The van der Waals surface area contributed by atoms with Gasteiger partial charge in [-0.1, -0.05) is 57.5 Å². The molecule has 0 heterocycles. The summed E-state index contributed by atoms with van der Waals surface area (Å²) in [4.78, 5) is 0. The summed E-state index contributed by atoms with van der Waals surface area (Å²) in [5.74, 6) is -0.0221. The van der Waals surface area contributed by atoms with Crippen LogP contribution >= 0.6 is 0 Å². The van der Waals surface area contributed by atoms with Crippen LogP contribution in [0.3, 0.4) is 0 Å². The molecule has 0 aromatic heterocycles. The lowest BCUT2D eigenvalue weighted by atomic mass is 9.91. The number of hydrogen-bond acceptors (Lipinski definition) is 3. The van der Waals surface area contributed by atoms with E-state index in [1.165, 1.54) is 12.8 Å². The van der Waals surface area contributed by atoms with Gasteiger partial charge in [0.1, 0.15) is 0 Å². The van der Waals surface area contributed by atoms with Gasteiger partial charge in [-0.05, 0) is 24.9 Å². The molecule has 110 valence electrons. The van der Waals surface area contributed by atoms with Crippen LogP contribution in [-0.2, 0) is 0 Å². The average Bonchev–Trinajstić information content (AvgIpc) is 2.47. The van der Waals surface area contributed by atoms with E-state index < -0.39 is 12.2 Å². The van der Waals surface area contributed by atoms with Crippen LogP contribution in [0, 0.1) is 0 Å². The monoisotopic (exact) mass is 267 g/mol. The fourth-order valence-corrected chi connectivity index (χ4v) is 1.73. The van der Waals surface area contributed by atoms with Crippen molar-refractivity contribution in [3.8, 4) is 0 Å². The Bertz CT molecular complexity index is 301. The summed E-state index contributed by atoms with van der Waals surface area (Å²) in [6.45, 7) is 6.77. The number of nitrogens with two attached hydrogens (primary N) is 1. The maximum Gasteiger partial charge on any atom is 0.0864 e. The molecule has 1 aromatic carbocycles. The van der Waals surface area contributed by atoms with Crippen molar-refractivity contribution >= 4 is 0 Å². The van der Waals surface area contributed by atoms with Crippen molar-refractivity contribution in [1.82, 2.24) is 0 Å². The van der Waals surface area contributed by atoms with Crippen molar-refractivity contribution in [2.75, 3.05) is 6.54 Å². The van der Waals surface area contributed by atoms with Crippen LogP contribution in [0.2, 0.25) is 0 Å². The predicted octanol–water partition coefficient (Wildman–Crippen LogP) is 2.67. The summed E-state index contributed by atoms with van der Waals surface area (Å²) < 4.78 is 0. The zero-order chi connectivity index (χ0) is 14.7. The Morgan fingerprint density at radius 2 is 1.68 bits per heavy atom. The smallest absolute Gasteiger partial charge is 0.0864 e. The van der Waals surface area contributed by atoms with Gasteiger partial charge in [0.05, 0.1) is 12.2 Å². The highest BCUT2D eigenvalue weighted by Gasteiger charge is 2.22. The maximum atomic E-state index is 9.79. The van der Waals surface area contributed by atoms with Crippen LogP contribution in [0.25, 0.3) is 0 Å². The molecule has 3 atom stereocenters. The van der Waals surface area contributed by atoms with Gasteiger partial charge in [0.25, 0.3) is 0 Å². The molecule has 3 nitrogen and oxygen atoms in total. The van der Waals surface area contributed by atoms with Crippen molar-refractivity contribution in [1.29, 1.82) is 0 Å². The first-order chi connectivity index (χ1) is 9.08. The average molecular weight is 267 g/mol. The van der Waals surface area contributed by atoms with Gasteiger partial charge in [0.15, 0.2) is 0 Å². The van der Waals surface area contributed by atoms with Crippen molar-refractivity contribution in [2.24, 2.45) is 5.73 Å². The minimum absolute atomic E-state index is 0.0221. The SMILES string of the molecule is CCC(O)C(O)C(C)c1ccccc1.CCCCN. The van der Waals surface area contributed by atoms with Gasteiger partial charge in [0.2, 0.25) is 0 Å². The van der Waals surface area contributed by atoms with E-state index in [0.29, 0.717) is 6.42 Å². The lowest BCUT2D eigenvalue weighted by Gasteiger charge is -2.23. The van der Waals surface area contributed by atoms with Crippen molar-refractivity contribution < 1.29 is 10.2 Å². The summed E-state index contributed by atoms with van der Waals surface area (Å²) >= 11 is 0. The third-order valence-electron chi connectivity index (χ3n) is 3.21. The van der Waals surface area contributed by atoms with Crippen LogP contribution < -0.4 is 5.73 Å². The lowest BCUT2D eigenvalue weighted by molar-refractivity contribution is 0.00421. The first kappa shape index (κ1) is 18.1. The Kier molecular flexibility index (Phi) is 10.5. The molecule has 0 aliphatic carbocycles. The topological polar surface area (TPSA) is 66.5 Å². The molecule has 19 heavy (non-hydrogen) atoms. The van der Waals surface area contributed by atoms with Crippen LogP contribution in [0.1, 0.15) is 51.5 Å². The van der Waals surface area contributed by atoms with Crippen molar-refractivity contribution in [3.63, 3.8) is 0 Å². The molecule has 3 unspecified atom stereocenters. The molecule has 3 heteroatoms. The molecule has 4 N–H and O–H groups in total. The maximum absolute atomic E-state index is 9.79. The Morgan fingerprint density at radius 3 is 2.05 bits per heavy atom. The number of aliphatic hydroxyl groups excluding tert-OH is 2. The summed E-state index contributed by atoms with van der Waals surface area (Å²) in [6.07, 6.45) is 1.65. The third kappa shape index (κ3) is 7.31. The van der Waals surface area contributed by atoms with Gasteiger partial charge < -0.3 is 15.9 Å². The molecule has 0 aliphatic rings. The van der Waals surface area contributed by atoms with E-state index in [1.54, 1.807) is 0 Å². The molecular formula is C16H29NO2. The van der Waals surface area contributed by atoms with E-state index in [2.05, 4.69) is 6.92 Å². The second kappa shape index (κ2) is 11.0. The Morgan fingerprint density at radius 1 is 1.11 bits per heavy atom. The van der Waals surface area contributed by atoms with Gasteiger partial charge in [-0.15, -0.1) is 0 Å². The summed E-state index contributed by atoms with van der Waals surface area (Å²) in [5.41, 5.74) is 6.20. The minimum atomic E-state index is -0.678. The highest BCUT2D eigenvalue weighted by Crippen LogP contribution is 2.21. The molecular weight excluding hydrogens is 238 g/mol. The fraction of sp³-hybridized carbons (Fsp3) is 0.625. The van der Waals surface area contributed by atoms with Gasteiger partial charge >= 0.3 is 0 Å². The number of benzene rings is 1. The standard InChI is InChI=1S/C12H18O2.C4H11N/c1-3-11(13)12(14)9(2)10-7-5-4-6-8-10;1-2-3-4-5/h4-9,11-14H,3H2,1-2H3;2-5H2,1H3. The Labute approximate surface area is 117 Å². The third-order valence-corrected chi connectivity index (χ3v) is 3.21. The van der Waals surface area contributed by atoms with Gasteiger partial charge in [-0.3, -0.25) is 0 Å². The molecule has 1 aromatic rings.